The van der Waals surface area contributed by atoms with Crippen LogP contribution in [0.3, 0.4) is 0 Å². The fourth-order valence-electron chi connectivity index (χ4n) is 2.12. The lowest BCUT2D eigenvalue weighted by Crippen LogP contribution is -2.42. The monoisotopic (exact) mass is 234 g/mol. The maximum absolute atomic E-state index is 12.9. The van der Waals surface area contributed by atoms with E-state index in [2.05, 4.69) is 0 Å². The zero-order valence-corrected chi connectivity index (χ0v) is 9.88. The Kier molecular flexibility index (Phi) is 4.24. The van der Waals surface area contributed by atoms with Gasteiger partial charge in [0.25, 0.3) is 0 Å². The third-order valence-electron chi connectivity index (χ3n) is 3.00. The van der Waals surface area contributed by atoms with Gasteiger partial charge in [-0.05, 0) is 19.8 Å². The molecule has 1 aliphatic carbocycles. The molecule has 3 nitrogen and oxygen atoms in total. The Morgan fingerprint density at radius 3 is 2.44 bits per heavy atom. The van der Waals surface area contributed by atoms with Gasteiger partial charge in [-0.15, -0.1) is 0 Å². The molecule has 16 heavy (non-hydrogen) atoms. The minimum atomic E-state index is -2.57. The van der Waals surface area contributed by atoms with Crippen LogP contribution in [0.5, 0.6) is 0 Å². The highest BCUT2D eigenvalue weighted by Crippen LogP contribution is 2.36. The Hall–Kier alpha value is -0.710. The van der Waals surface area contributed by atoms with Crippen LogP contribution < -0.4 is 5.73 Å². The van der Waals surface area contributed by atoms with Crippen molar-refractivity contribution >= 4 is 5.91 Å². The summed E-state index contributed by atoms with van der Waals surface area (Å²) in [5.41, 5.74) is 5.59. The first-order valence-electron chi connectivity index (χ1n) is 5.70. The van der Waals surface area contributed by atoms with Gasteiger partial charge in [0.15, 0.2) is 0 Å². The van der Waals surface area contributed by atoms with Crippen molar-refractivity contribution in [3.05, 3.63) is 0 Å². The van der Waals surface area contributed by atoms with Crippen LogP contribution in [-0.4, -0.2) is 36.4 Å². The summed E-state index contributed by atoms with van der Waals surface area (Å²) in [7, 11) is 1.68. The molecule has 0 aromatic heterocycles. The van der Waals surface area contributed by atoms with Crippen molar-refractivity contribution in [2.24, 2.45) is 11.7 Å². The van der Waals surface area contributed by atoms with E-state index in [0.29, 0.717) is 6.54 Å². The Morgan fingerprint density at radius 1 is 1.50 bits per heavy atom. The van der Waals surface area contributed by atoms with Crippen LogP contribution in [-0.2, 0) is 4.79 Å². The molecule has 0 heterocycles. The van der Waals surface area contributed by atoms with Crippen LogP contribution in [0.4, 0.5) is 8.78 Å². The number of nitrogens with two attached hydrogens (primary N) is 1. The van der Waals surface area contributed by atoms with E-state index in [-0.39, 0.29) is 43.6 Å². The molecular formula is C11H20F2N2O. The van der Waals surface area contributed by atoms with Crippen molar-refractivity contribution in [1.82, 2.24) is 4.90 Å². The van der Waals surface area contributed by atoms with Crippen LogP contribution in [0.15, 0.2) is 0 Å². The summed E-state index contributed by atoms with van der Waals surface area (Å²) in [6, 6.07) is -0.0843. The fraction of sp³-hybridized carbons (Fsp3) is 0.909. The quantitative estimate of drug-likeness (QED) is 0.806. The molecule has 2 N–H and O–H groups in total. The molecule has 5 heteroatoms. The summed E-state index contributed by atoms with van der Waals surface area (Å²) in [5, 5.41) is 0. The lowest BCUT2D eigenvalue weighted by molar-refractivity contribution is -0.138. The van der Waals surface area contributed by atoms with Gasteiger partial charge in [0.1, 0.15) is 0 Å². The van der Waals surface area contributed by atoms with E-state index in [1.807, 2.05) is 6.92 Å². The van der Waals surface area contributed by atoms with Crippen molar-refractivity contribution in [2.45, 2.75) is 44.6 Å². The van der Waals surface area contributed by atoms with E-state index in [9.17, 15) is 13.6 Å². The summed E-state index contributed by atoms with van der Waals surface area (Å²) in [4.78, 5) is 13.4. The van der Waals surface area contributed by atoms with Crippen LogP contribution in [0.2, 0.25) is 0 Å². The number of likely N-dealkylation sites (N-methyl/N-ethyl adjacent to an activating group) is 1. The molecule has 1 saturated carbocycles. The van der Waals surface area contributed by atoms with Gasteiger partial charge in [-0.1, -0.05) is 0 Å². The summed E-state index contributed by atoms with van der Waals surface area (Å²) in [5.74, 6) is -2.87. The third kappa shape index (κ3) is 3.70. The topological polar surface area (TPSA) is 46.3 Å². The number of amides is 1. The van der Waals surface area contributed by atoms with Crippen LogP contribution in [0, 0.1) is 5.92 Å². The van der Waals surface area contributed by atoms with Gasteiger partial charge in [0, 0.05) is 38.4 Å². The highest BCUT2D eigenvalue weighted by atomic mass is 19.3. The number of alkyl halides is 2. The van der Waals surface area contributed by atoms with Crippen molar-refractivity contribution in [2.75, 3.05) is 13.6 Å². The average Bonchev–Trinajstić information content (AvgIpc) is 2.15. The van der Waals surface area contributed by atoms with Crippen LogP contribution in [0.1, 0.15) is 32.6 Å². The second kappa shape index (κ2) is 5.08. The summed E-state index contributed by atoms with van der Waals surface area (Å²) in [6.45, 7) is 2.30. The normalized spacial score (nSPS) is 22.8. The number of carbonyl (C=O) groups excluding carboxylic acids is 1. The number of halogens is 2. The molecule has 1 rings (SSSR count). The molecule has 1 amide bonds. The summed E-state index contributed by atoms with van der Waals surface area (Å²) < 4.78 is 25.8. The molecule has 1 aliphatic rings. The minimum Gasteiger partial charge on any atom is -0.344 e. The van der Waals surface area contributed by atoms with E-state index in [0.717, 1.165) is 0 Å². The van der Waals surface area contributed by atoms with E-state index < -0.39 is 5.92 Å². The van der Waals surface area contributed by atoms with Crippen molar-refractivity contribution in [3.63, 3.8) is 0 Å². The second-order valence-corrected chi connectivity index (χ2v) is 4.83. The van der Waals surface area contributed by atoms with Crippen LogP contribution in [0.25, 0.3) is 0 Å². The van der Waals surface area contributed by atoms with E-state index in [1.165, 1.54) is 0 Å². The average molecular weight is 234 g/mol. The Labute approximate surface area is 95.0 Å². The van der Waals surface area contributed by atoms with Gasteiger partial charge < -0.3 is 10.6 Å². The fourth-order valence-corrected chi connectivity index (χ4v) is 2.12. The molecule has 0 aromatic carbocycles. The smallest absolute Gasteiger partial charge is 0.248 e. The SMILES string of the molecule is CC(N)CN(C)C(=O)C1CCC(F)(F)CC1. The molecule has 94 valence electrons. The van der Waals surface area contributed by atoms with E-state index >= 15 is 0 Å². The third-order valence-corrected chi connectivity index (χ3v) is 3.00. The number of rotatable bonds is 3. The summed E-state index contributed by atoms with van der Waals surface area (Å²) >= 11 is 0. The molecule has 0 bridgehead atoms. The zero-order valence-electron chi connectivity index (χ0n) is 9.88. The van der Waals surface area contributed by atoms with Gasteiger partial charge in [-0.3, -0.25) is 4.79 Å². The number of carbonyl (C=O) groups is 1. The Balaban J connectivity index is 2.44. The number of nitrogens with zero attached hydrogens (tertiary/aromatic N) is 1. The molecule has 1 fully saturated rings. The second-order valence-electron chi connectivity index (χ2n) is 4.83. The van der Waals surface area contributed by atoms with Gasteiger partial charge in [0.05, 0.1) is 0 Å². The van der Waals surface area contributed by atoms with Gasteiger partial charge in [-0.25, -0.2) is 8.78 Å². The highest BCUT2D eigenvalue weighted by Gasteiger charge is 2.38. The first kappa shape index (κ1) is 13.4. The number of hydrogen-bond donors (Lipinski definition) is 1. The van der Waals surface area contributed by atoms with Crippen molar-refractivity contribution in [3.8, 4) is 0 Å². The van der Waals surface area contributed by atoms with Crippen molar-refractivity contribution in [1.29, 1.82) is 0 Å². The summed E-state index contributed by atoms with van der Waals surface area (Å²) in [6.07, 6.45) is 0.231. The van der Waals surface area contributed by atoms with Crippen LogP contribution >= 0.6 is 0 Å². The predicted molar refractivity (Wildman–Crippen MR) is 58.2 cm³/mol. The molecular weight excluding hydrogens is 214 g/mol. The molecule has 0 spiro atoms. The van der Waals surface area contributed by atoms with E-state index in [1.54, 1.807) is 11.9 Å². The maximum Gasteiger partial charge on any atom is 0.248 e. The van der Waals surface area contributed by atoms with Crippen molar-refractivity contribution < 1.29 is 13.6 Å². The lowest BCUT2D eigenvalue weighted by atomic mass is 9.86. The zero-order chi connectivity index (χ0) is 12.3. The first-order valence-corrected chi connectivity index (χ1v) is 5.70. The molecule has 1 atom stereocenters. The van der Waals surface area contributed by atoms with E-state index in [4.69, 9.17) is 5.73 Å². The lowest BCUT2D eigenvalue weighted by Gasteiger charge is -2.30. The molecule has 0 radical (unpaired) electrons. The molecule has 0 saturated heterocycles. The predicted octanol–water partition coefficient (Wildman–Crippen LogP) is 1.62. The Bertz CT molecular complexity index is 246. The first-order chi connectivity index (χ1) is 7.32. The standard InChI is InChI=1S/C11H20F2N2O/c1-8(14)7-15(2)10(16)9-3-5-11(12,13)6-4-9/h8-9H,3-7,14H2,1-2H3. The van der Waals surface area contributed by atoms with Gasteiger partial charge >= 0.3 is 0 Å². The van der Waals surface area contributed by atoms with Gasteiger partial charge in [-0.2, -0.15) is 0 Å². The largest absolute Gasteiger partial charge is 0.344 e. The molecule has 1 unspecified atom stereocenters. The minimum absolute atomic E-state index is 0.0483. The Morgan fingerprint density at radius 2 is 2.00 bits per heavy atom. The maximum atomic E-state index is 12.9. The molecule has 0 aliphatic heterocycles. The molecule has 0 aromatic rings. The number of hydrogen-bond acceptors (Lipinski definition) is 2. The van der Waals surface area contributed by atoms with Gasteiger partial charge in [0.2, 0.25) is 11.8 Å². The highest BCUT2D eigenvalue weighted by molar-refractivity contribution is 5.78.